The first-order valence-corrected chi connectivity index (χ1v) is 7.28. The van der Waals surface area contributed by atoms with Crippen LogP contribution in [0.2, 0.25) is 0 Å². The van der Waals surface area contributed by atoms with Gasteiger partial charge in [-0.25, -0.2) is 4.39 Å². The Morgan fingerprint density at radius 3 is 2.60 bits per heavy atom. The van der Waals surface area contributed by atoms with E-state index in [0.29, 0.717) is 12.6 Å². The van der Waals surface area contributed by atoms with Crippen LogP contribution in [0.4, 0.5) is 4.39 Å². The van der Waals surface area contributed by atoms with E-state index < -0.39 is 0 Å². The summed E-state index contributed by atoms with van der Waals surface area (Å²) in [5.41, 5.74) is 0.723. The maximum absolute atomic E-state index is 13.9. The molecule has 0 radical (unpaired) electrons. The molecule has 20 heavy (non-hydrogen) atoms. The molecule has 114 valence electrons. The van der Waals surface area contributed by atoms with E-state index in [4.69, 9.17) is 4.74 Å². The van der Waals surface area contributed by atoms with Gasteiger partial charge in [0.25, 0.3) is 0 Å². The third kappa shape index (κ3) is 4.85. The van der Waals surface area contributed by atoms with Crippen LogP contribution in [0.25, 0.3) is 0 Å². The van der Waals surface area contributed by atoms with E-state index in [2.05, 4.69) is 24.1 Å². The Labute approximate surface area is 122 Å². The van der Waals surface area contributed by atoms with Crippen molar-refractivity contribution in [2.45, 2.75) is 32.4 Å². The van der Waals surface area contributed by atoms with Gasteiger partial charge in [0.05, 0.1) is 6.61 Å². The van der Waals surface area contributed by atoms with Gasteiger partial charge < -0.3 is 10.1 Å². The summed E-state index contributed by atoms with van der Waals surface area (Å²) in [6, 6.07) is 7.41. The molecule has 2 unspecified atom stereocenters. The summed E-state index contributed by atoms with van der Waals surface area (Å²) >= 11 is 0. The molecule has 0 amide bonds. The number of hydrogen-bond donors (Lipinski definition) is 1. The fourth-order valence-corrected chi connectivity index (χ4v) is 2.30. The van der Waals surface area contributed by atoms with Crippen molar-refractivity contribution in [1.82, 2.24) is 10.2 Å². The van der Waals surface area contributed by atoms with Gasteiger partial charge in [-0.05, 0) is 26.5 Å². The summed E-state index contributed by atoms with van der Waals surface area (Å²) in [6.07, 6.45) is 1.07. The number of halogens is 1. The fourth-order valence-electron chi connectivity index (χ4n) is 2.30. The molecular weight excluding hydrogens is 255 g/mol. The number of likely N-dealkylation sites (N-methyl/N-ethyl adjacent to an activating group) is 1. The van der Waals surface area contributed by atoms with E-state index in [1.54, 1.807) is 13.2 Å². The molecule has 0 aromatic heterocycles. The number of methoxy groups -OCH3 is 1. The highest BCUT2D eigenvalue weighted by molar-refractivity contribution is 5.21. The molecule has 0 saturated carbocycles. The SMILES string of the molecule is CCC(C)N(CCOC)CC(NC)c1ccccc1F. The van der Waals surface area contributed by atoms with Crippen molar-refractivity contribution in [2.75, 3.05) is 33.9 Å². The van der Waals surface area contributed by atoms with E-state index >= 15 is 0 Å². The van der Waals surface area contributed by atoms with Crippen LogP contribution in [0, 0.1) is 5.82 Å². The zero-order valence-electron chi connectivity index (χ0n) is 13.0. The second kappa shape index (κ2) is 9.06. The molecule has 1 N–H and O–H groups in total. The minimum absolute atomic E-state index is 0.0120. The van der Waals surface area contributed by atoms with Crippen LogP contribution >= 0.6 is 0 Å². The van der Waals surface area contributed by atoms with Gasteiger partial charge in [0, 0.05) is 37.8 Å². The first-order chi connectivity index (χ1) is 9.63. The first kappa shape index (κ1) is 17.1. The molecule has 0 saturated heterocycles. The largest absolute Gasteiger partial charge is 0.383 e. The van der Waals surface area contributed by atoms with Gasteiger partial charge in [0.2, 0.25) is 0 Å². The average molecular weight is 282 g/mol. The minimum Gasteiger partial charge on any atom is -0.383 e. The second-order valence-corrected chi connectivity index (χ2v) is 5.11. The Hall–Kier alpha value is -0.970. The van der Waals surface area contributed by atoms with Crippen molar-refractivity contribution in [3.05, 3.63) is 35.6 Å². The lowest BCUT2D eigenvalue weighted by Crippen LogP contribution is -2.41. The van der Waals surface area contributed by atoms with Crippen LogP contribution < -0.4 is 5.32 Å². The number of nitrogens with one attached hydrogen (secondary N) is 1. The van der Waals surface area contributed by atoms with E-state index in [9.17, 15) is 4.39 Å². The van der Waals surface area contributed by atoms with Crippen molar-refractivity contribution in [3.8, 4) is 0 Å². The number of ether oxygens (including phenoxy) is 1. The van der Waals surface area contributed by atoms with E-state index in [0.717, 1.165) is 25.1 Å². The number of benzene rings is 1. The standard InChI is InChI=1S/C16H27FN2O/c1-5-13(2)19(10-11-20-4)12-16(18-3)14-8-6-7-9-15(14)17/h6-9,13,16,18H,5,10-12H2,1-4H3. The molecule has 0 aliphatic rings. The molecule has 4 heteroatoms. The van der Waals surface area contributed by atoms with E-state index in [1.807, 2.05) is 19.2 Å². The molecule has 0 aliphatic carbocycles. The Kier molecular flexibility index (Phi) is 7.73. The highest BCUT2D eigenvalue weighted by atomic mass is 19.1. The van der Waals surface area contributed by atoms with Crippen molar-refractivity contribution in [1.29, 1.82) is 0 Å². The topological polar surface area (TPSA) is 24.5 Å². The van der Waals surface area contributed by atoms with Gasteiger partial charge in [-0.3, -0.25) is 4.90 Å². The fraction of sp³-hybridized carbons (Fsp3) is 0.625. The Morgan fingerprint density at radius 1 is 1.35 bits per heavy atom. The maximum Gasteiger partial charge on any atom is 0.128 e. The Balaban J connectivity index is 2.80. The quantitative estimate of drug-likeness (QED) is 0.754. The zero-order chi connectivity index (χ0) is 15.0. The summed E-state index contributed by atoms with van der Waals surface area (Å²) in [5.74, 6) is -0.150. The number of nitrogens with zero attached hydrogens (tertiary/aromatic N) is 1. The van der Waals surface area contributed by atoms with Gasteiger partial charge >= 0.3 is 0 Å². The van der Waals surface area contributed by atoms with Crippen LogP contribution in [0.3, 0.4) is 0 Å². The van der Waals surface area contributed by atoms with Crippen LogP contribution in [-0.4, -0.2) is 44.8 Å². The van der Waals surface area contributed by atoms with Gasteiger partial charge in [-0.2, -0.15) is 0 Å². The monoisotopic (exact) mass is 282 g/mol. The smallest absolute Gasteiger partial charge is 0.128 e. The van der Waals surface area contributed by atoms with Crippen LogP contribution in [0.15, 0.2) is 24.3 Å². The molecular formula is C16H27FN2O. The van der Waals surface area contributed by atoms with E-state index in [1.165, 1.54) is 6.07 Å². The molecule has 1 rings (SSSR count). The van der Waals surface area contributed by atoms with Gasteiger partial charge in [-0.1, -0.05) is 25.1 Å². The van der Waals surface area contributed by atoms with Crippen molar-refractivity contribution < 1.29 is 9.13 Å². The molecule has 0 spiro atoms. The van der Waals surface area contributed by atoms with Crippen LogP contribution in [-0.2, 0) is 4.74 Å². The summed E-state index contributed by atoms with van der Waals surface area (Å²) < 4.78 is 19.1. The molecule has 0 heterocycles. The maximum atomic E-state index is 13.9. The summed E-state index contributed by atoms with van der Waals surface area (Å²) in [5, 5.41) is 3.22. The zero-order valence-corrected chi connectivity index (χ0v) is 13.0. The number of hydrogen-bond acceptors (Lipinski definition) is 3. The molecule has 0 aliphatic heterocycles. The lowest BCUT2D eigenvalue weighted by Gasteiger charge is -2.32. The summed E-state index contributed by atoms with van der Waals surface area (Å²) in [7, 11) is 3.59. The average Bonchev–Trinajstić information content (AvgIpc) is 2.48. The third-order valence-electron chi connectivity index (χ3n) is 3.84. The first-order valence-electron chi connectivity index (χ1n) is 7.28. The van der Waals surface area contributed by atoms with Crippen molar-refractivity contribution in [2.24, 2.45) is 0 Å². The predicted octanol–water partition coefficient (Wildman–Crippen LogP) is 2.83. The van der Waals surface area contributed by atoms with Gasteiger partial charge in [0.1, 0.15) is 5.82 Å². The van der Waals surface area contributed by atoms with Gasteiger partial charge in [0.15, 0.2) is 0 Å². The summed E-state index contributed by atoms with van der Waals surface area (Å²) in [4.78, 5) is 2.34. The lowest BCUT2D eigenvalue weighted by atomic mass is 10.0. The highest BCUT2D eigenvalue weighted by Crippen LogP contribution is 2.19. The molecule has 0 fully saturated rings. The Morgan fingerprint density at radius 2 is 2.05 bits per heavy atom. The highest BCUT2D eigenvalue weighted by Gasteiger charge is 2.20. The second-order valence-electron chi connectivity index (χ2n) is 5.11. The van der Waals surface area contributed by atoms with Crippen molar-refractivity contribution >= 4 is 0 Å². The lowest BCUT2D eigenvalue weighted by molar-refractivity contribution is 0.115. The van der Waals surface area contributed by atoms with Crippen LogP contribution in [0.1, 0.15) is 31.9 Å². The molecule has 3 nitrogen and oxygen atoms in total. The van der Waals surface area contributed by atoms with E-state index in [-0.39, 0.29) is 11.9 Å². The van der Waals surface area contributed by atoms with Crippen LogP contribution in [0.5, 0.6) is 0 Å². The normalized spacial score (nSPS) is 14.5. The molecule has 1 aromatic rings. The molecule has 2 atom stereocenters. The number of rotatable bonds is 9. The summed E-state index contributed by atoms with van der Waals surface area (Å²) in [6.45, 7) is 6.69. The Bertz CT molecular complexity index is 386. The third-order valence-corrected chi connectivity index (χ3v) is 3.84. The molecule has 1 aromatic carbocycles. The predicted molar refractivity (Wildman–Crippen MR) is 81.4 cm³/mol. The molecule has 0 bridgehead atoms. The minimum atomic E-state index is -0.150. The van der Waals surface area contributed by atoms with Crippen molar-refractivity contribution in [3.63, 3.8) is 0 Å². The van der Waals surface area contributed by atoms with Gasteiger partial charge in [-0.15, -0.1) is 0 Å².